The van der Waals surface area contributed by atoms with Gasteiger partial charge in [-0.15, -0.1) is 0 Å². The molecule has 0 aromatic heterocycles. The Morgan fingerprint density at radius 2 is 2.28 bits per heavy atom. The third-order valence-electron chi connectivity index (χ3n) is 3.36. The Balaban J connectivity index is 2.21. The Hall–Kier alpha value is -2.02. The molecule has 1 atom stereocenters. The first-order chi connectivity index (χ1) is 8.72. The molecular formula is C14H17N3O. The molecule has 0 bridgehead atoms. The van der Waals surface area contributed by atoms with Gasteiger partial charge in [0.2, 0.25) is 5.91 Å². The van der Waals surface area contributed by atoms with Crippen molar-refractivity contribution in [3.63, 3.8) is 0 Å². The number of hydrogen-bond acceptors (Lipinski definition) is 3. The SMILES string of the molecule is CN(c1cccc(C#N)c1)C1CCCCNC1=O. The molecule has 1 aliphatic rings. The van der Waals surface area contributed by atoms with Gasteiger partial charge in [-0.2, -0.15) is 5.26 Å². The number of rotatable bonds is 2. The summed E-state index contributed by atoms with van der Waals surface area (Å²) in [6.45, 7) is 0.765. The second kappa shape index (κ2) is 5.54. The molecule has 1 aliphatic heterocycles. The van der Waals surface area contributed by atoms with Gasteiger partial charge in [-0.3, -0.25) is 4.79 Å². The third kappa shape index (κ3) is 2.62. The second-order valence-electron chi connectivity index (χ2n) is 4.58. The van der Waals surface area contributed by atoms with Crippen LogP contribution in [0.5, 0.6) is 0 Å². The van der Waals surface area contributed by atoms with Gasteiger partial charge in [0.05, 0.1) is 11.6 Å². The van der Waals surface area contributed by atoms with Crippen molar-refractivity contribution in [1.82, 2.24) is 5.32 Å². The van der Waals surface area contributed by atoms with Crippen molar-refractivity contribution in [1.29, 1.82) is 5.26 Å². The smallest absolute Gasteiger partial charge is 0.242 e. The van der Waals surface area contributed by atoms with E-state index in [4.69, 9.17) is 5.26 Å². The number of amides is 1. The van der Waals surface area contributed by atoms with E-state index in [0.717, 1.165) is 31.5 Å². The Morgan fingerprint density at radius 1 is 1.44 bits per heavy atom. The summed E-state index contributed by atoms with van der Waals surface area (Å²) in [5.41, 5.74) is 1.53. The standard InChI is InChI=1S/C14H17N3O/c1-17(12-6-4-5-11(9-12)10-15)13-7-2-3-8-16-14(13)18/h4-6,9,13H,2-3,7-8H2,1H3,(H,16,18). The molecule has 94 valence electrons. The number of carbonyl (C=O) groups excluding carboxylic acids is 1. The number of anilines is 1. The zero-order chi connectivity index (χ0) is 13.0. The van der Waals surface area contributed by atoms with E-state index < -0.39 is 0 Å². The van der Waals surface area contributed by atoms with Crippen molar-refractivity contribution in [3.05, 3.63) is 29.8 Å². The van der Waals surface area contributed by atoms with Crippen molar-refractivity contribution >= 4 is 11.6 Å². The number of nitriles is 1. The van der Waals surface area contributed by atoms with Crippen LogP contribution in [-0.2, 0) is 4.79 Å². The van der Waals surface area contributed by atoms with Crippen LogP contribution in [-0.4, -0.2) is 25.5 Å². The molecule has 0 saturated carbocycles. The van der Waals surface area contributed by atoms with Gasteiger partial charge in [-0.05, 0) is 37.5 Å². The Labute approximate surface area is 107 Å². The normalized spacial score (nSPS) is 19.6. The van der Waals surface area contributed by atoms with Crippen LogP contribution in [0, 0.1) is 11.3 Å². The van der Waals surface area contributed by atoms with Gasteiger partial charge in [0.1, 0.15) is 6.04 Å². The largest absolute Gasteiger partial charge is 0.363 e. The Morgan fingerprint density at radius 3 is 3.06 bits per heavy atom. The third-order valence-corrected chi connectivity index (χ3v) is 3.36. The summed E-state index contributed by atoms with van der Waals surface area (Å²) in [6, 6.07) is 9.35. The van der Waals surface area contributed by atoms with E-state index in [9.17, 15) is 4.79 Å². The molecule has 1 fully saturated rings. The number of carbonyl (C=O) groups is 1. The second-order valence-corrected chi connectivity index (χ2v) is 4.58. The quantitative estimate of drug-likeness (QED) is 0.859. The van der Waals surface area contributed by atoms with E-state index in [1.54, 1.807) is 6.07 Å². The first-order valence-electron chi connectivity index (χ1n) is 6.23. The minimum absolute atomic E-state index is 0.0809. The van der Waals surface area contributed by atoms with E-state index >= 15 is 0 Å². The molecule has 4 nitrogen and oxygen atoms in total. The van der Waals surface area contributed by atoms with Crippen molar-refractivity contribution in [2.45, 2.75) is 25.3 Å². The molecule has 0 radical (unpaired) electrons. The topological polar surface area (TPSA) is 56.1 Å². The van der Waals surface area contributed by atoms with Gasteiger partial charge in [0.15, 0.2) is 0 Å². The highest BCUT2D eigenvalue weighted by atomic mass is 16.2. The van der Waals surface area contributed by atoms with Gasteiger partial charge in [-0.25, -0.2) is 0 Å². The molecule has 1 saturated heterocycles. The highest BCUT2D eigenvalue weighted by Gasteiger charge is 2.24. The van der Waals surface area contributed by atoms with Crippen LogP contribution in [0.1, 0.15) is 24.8 Å². The van der Waals surface area contributed by atoms with E-state index in [2.05, 4.69) is 11.4 Å². The average Bonchev–Trinajstić information content (AvgIpc) is 2.62. The van der Waals surface area contributed by atoms with Gasteiger partial charge < -0.3 is 10.2 Å². The van der Waals surface area contributed by atoms with Crippen molar-refractivity contribution in [2.75, 3.05) is 18.5 Å². The molecule has 1 N–H and O–H groups in total. The van der Waals surface area contributed by atoms with Crippen molar-refractivity contribution < 1.29 is 4.79 Å². The van der Waals surface area contributed by atoms with Crippen molar-refractivity contribution in [3.8, 4) is 6.07 Å². The predicted molar refractivity (Wildman–Crippen MR) is 70.2 cm³/mol. The fraction of sp³-hybridized carbons (Fsp3) is 0.429. The van der Waals surface area contributed by atoms with Crippen LogP contribution < -0.4 is 10.2 Å². The number of likely N-dealkylation sites (N-methyl/N-ethyl adjacent to an activating group) is 1. The molecule has 2 rings (SSSR count). The van der Waals surface area contributed by atoms with Crippen LogP contribution in [0.4, 0.5) is 5.69 Å². The Kier molecular flexibility index (Phi) is 3.83. The molecule has 4 heteroatoms. The van der Waals surface area contributed by atoms with Crippen LogP contribution >= 0.6 is 0 Å². The van der Waals surface area contributed by atoms with Crippen LogP contribution in [0.15, 0.2) is 24.3 Å². The summed E-state index contributed by atoms with van der Waals surface area (Å²) in [5.74, 6) is 0.0809. The zero-order valence-electron chi connectivity index (χ0n) is 10.5. The fourth-order valence-electron chi connectivity index (χ4n) is 2.27. The van der Waals surface area contributed by atoms with Crippen molar-refractivity contribution in [2.24, 2.45) is 0 Å². The highest BCUT2D eigenvalue weighted by Crippen LogP contribution is 2.20. The van der Waals surface area contributed by atoms with E-state index in [-0.39, 0.29) is 11.9 Å². The number of hydrogen-bond donors (Lipinski definition) is 1. The summed E-state index contributed by atoms with van der Waals surface area (Å²) >= 11 is 0. The maximum Gasteiger partial charge on any atom is 0.242 e. The molecule has 1 aromatic rings. The van der Waals surface area contributed by atoms with E-state index in [1.165, 1.54) is 0 Å². The minimum Gasteiger partial charge on any atom is -0.363 e. The van der Waals surface area contributed by atoms with E-state index in [0.29, 0.717) is 5.56 Å². The molecule has 1 amide bonds. The summed E-state index contributed by atoms with van der Waals surface area (Å²) in [5, 5.41) is 11.8. The van der Waals surface area contributed by atoms with Gasteiger partial charge in [0, 0.05) is 19.3 Å². The zero-order valence-corrected chi connectivity index (χ0v) is 10.5. The maximum atomic E-state index is 12.0. The Bertz CT molecular complexity index is 478. The summed E-state index contributed by atoms with van der Waals surface area (Å²) in [6.07, 6.45) is 2.94. The molecular weight excluding hydrogens is 226 g/mol. The maximum absolute atomic E-state index is 12.0. The highest BCUT2D eigenvalue weighted by molar-refractivity contribution is 5.85. The van der Waals surface area contributed by atoms with Gasteiger partial charge in [0.25, 0.3) is 0 Å². The summed E-state index contributed by atoms with van der Waals surface area (Å²) < 4.78 is 0. The van der Waals surface area contributed by atoms with Gasteiger partial charge >= 0.3 is 0 Å². The molecule has 18 heavy (non-hydrogen) atoms. The summed E-state index contributed by atoms with van der Waals surface area (Å²) in [7, 11) is 1.91. The minimum atomic E-state index is -0.138. The van der Waals surface area contributed by atoms with Crippen LogP contribution in [0.2, 0.25) is 0 Å². The average molecular weight is 243 g/mol. The van der Waals surface area contributed by atoms with Crippen LogP contribution in [0.25, 0.3) is 0 Å². The molecule has 1 aromatic carbocycles. The lowest BCUT2D eigenvalue weighted by Gasteiger charge is -2.27. The monoisotopic (exact) mass is 243 g/mol. The van der Waals surface area contributed by atoms with Crippen LogP contribution in [0.3, 0.4) is 0 Å². The number of nitrogens with zero attached hydrogens (tertiary/aromatic N) is 2. The molecule has 1 unspecified atom stereocenters. The lowest BCUT2D eigenvalue weighted by molar-refractivity contribution is -0.122. The predicted octanol–water partition coefficient (Wildman–Crippen LogP) is 1.66. The van der Waals surface area contributed by atoms with Gasteiger partial charge in [-0.1, -0.05) is 6.07 Å². The molecule has 1 heterocycles. The lowest BCUT2D eigenvalue weighted by atomic mass is 10.1. The first kappa shape index (κ1) is 12.4. The molecule has 0 aliphatic carbocycles. The number of nitrogens with one attached hydrogen (secondary N) is 1. The lowest BCUT2D eigenvalue weighted by Crippen LogP contribution is -2.44. The fourth-order valence-corrected chi connectivity index (χ4v) is 2.27. The number of benzene rings is 1. The summed E-state index contributed by atoms with van der Waals surface area (Å²) in [4.78, 5) is 13.9. The molecule has 0 spiro atoms. The van der Waals surface area contributed by atoms with E-state index in [1.807, 2.05) is 30.1 Å². The first-order valence-corrected chi connectivity index (χ1v) is 6.23.